The van der Waals surface area contributed by atoms with Crippen molar-refractivity contribution < 1.29 is 0 Å². The molecule has 14 heavy (non-hydrogen) atoms. The van der Waals surface area contributed by atoms with Crippen molar-refractivity contribution in [3.63, 3.8) is 0 Å². The predicted octanol–water partition coefficient (Wildman–Crippen LogP) is 0.837. The van der Waals surface area contributed by atoms with Crippen LogP contribution in [0, 0.1) is 0 Å². The molecule has 0 spiro atoms. The van der Waals surface area contributed by atoms with Crippen LogP contribution in [0.1, 0.15) is 25.6 Å². The number of hydrogen-bond donors (Lipinski definition) is 1. The molecule has 5 nitrogen and oxygen atoms in total. The Morgan fingerprint density at radius 1 is 1.29 bits per heavy atom. The number of hydrogen-bond acceptors (Lipinski definition) is 4. The van der Waals surface area contributed by atoms with E-state index in [1.807, 2.05) is 13.8 Å². The Bertz CT molecular complexity index is 517. The average Bonchev–Trinajstić information content (AvgIpc) is 2.17. The van der Waals surface area contributed by atoms with Gasteiger partial charge in [-0.25, -0.2) is 15.0 Å². The second-order valence-electron chi connectivity index (χ2n) is 3.33. The van der Waals surface area contributed by atoms with E-state index in [1.165, 1.54) is 12.4 Å². The zero-order chi connectivity index (χ0) is 10.1. The van der Waals surface area contributed by atoms with Crippen molar-refractivity contribution in [2.45, 2.75) is 19.8 Å². The van der Waals surface area contributed by atoms with Crippen LogP contribution in [0.4, 0.5) is 0 Å². The highest BCUT2D eigenvalue weighted by Gasteiger charge is 2.07. The van der Waals surface area contributed by atoms with E-state index in [2.05, 4.69) is 19.9 Å². The molecule has 0 radical (unpaired) electrons. The van der Waals surface area contributed by atoms with E-state index in [-0.39, 0.29) is 17.0 Å². The lowest BCUT2D eigenvalue weighted by Crippen LogP contribution is -2.14. The van der Waals surface area contributed by atoms with Crippen molar-refractivity contribution in [2.75, 3.05) is 0 Å². The second-order valence-corrected chi connectivity index (χ2v) is 3.33. The van der Waals surface area contributed by atoms with Gasteiger partial charge in [-0.15, -0.1) is 0 Å². The van der Waals surface area contributed by atoms with Crippen molar-refractivity contribution in [1.82, 2.24) is 19.9 Å². The number of aromatic amines is 1. The molecule has 0 aromatic carbocycles. The molecule has 72 valence electrons. The summed E-state index contributed by atoms with van der Waals surface area (Å²) in [4.78, 5) is 26.3. The third-order valence-corrected chi connectivity index (χ3v) is 1.91. The number of rotatable bonds is 1. The van der Waals surface area contributed by atoms with E-state index in [1.54, 1.807) is 0 Å². The van der Waals surface area contributed by atoms with Crippen molar-refractivity contribution in [3.8, 4) is 0 Å². The fourth-order valence-electron chi connectivity index (χ4n) is 1.16. The van der Waals surface area contributed by atoms with Gasteiger partial charge in [-0.1, -0.05) is 13.8 Å². The normalized spacial score (nSPS) is 11.1. The second kappa shape index (κ2) is 3.17. The molecule has 0 fully saturated rings. The van der Waals surface area contributed by atoms with Crippen LogP contribution < -0.4 is 5.56 Å². The summed E-state index contributed by atoms with van der Waals surface area (Å²) in [5.41, 5.74) is 0.462. The van der Waals surface area contributed by atoms with E-state index < -0.39 is 0 Å². The minimum Gasteiger partial charge on any atom is -0.308 e. The molecule has 2 aromatic rings. The highest BCUT2D eigenvalue weighted by atomic mass is 16.1. The summed E-state index contributed by atoms with van der Waals surface area (Å²) < 4.78 is 0. The predicted molar refractivity (Wildman–Crippen MR) is 52.0 cm³/mol. The largest absolute Gasteiger partial charge is 0.308 e. The van der Waals surface area contributed by atoms with Crippen LogP contribution in [0.15, 0.2) is 17.2 Å². The molecule has 0 saturated carbocycles. The molecular weight excluding hydrogens is 180 g/mol. The smallest absolute Gasteiger partial charge is 0.279 e. The lowest BCUT2D eigenvalue weighted by Gasteiger charge is -2.03. The van der Waals surface area contributed by atoms with E-state index >= 15 is 0 Å². The first-order valence-electron chi connectivity index (χ1n) is 4.39. The molecule has 2 rings (SSSR count). The van der Waals surface area contributed by atoms with Crippen LogP contribution in [-0.2, 0) is 0 Å². The van der Waals surface area contributed by atoms with Gasteiger partial charge in [-0.3, -0.25) is 4.79 Å². The summed E-state index contributed by atoms with van der Waals surface area (Å²) in [7, 11) is 0. The minimum atomic E-state index is -0.230. The Kier molecular flexibility index (Phi) is 1.99. The summed E-state index contributed by atoms with van der Waals surface area (Å²) in [5, 5.41) is 0. The number of nitrogens with one attached hydrogen (secondary N) is 1. The molecular formula is C9H10N4O. The lowest BCUT2D eigenvalue weighted by molar-refractivity contribution is 0.773. The fraction of sp³-hybridized carbons (Fsp3) is 0.333. The van der Waals surface area contributed by atoms with Crippen LogP contribution in [0.25, 0.3) is 11.2 Å². The molecule has 0 aliphatic heterocycles. The molecule has 0 aliphatic rings. The van der Waals surface area contributed by atoms with Crippen molar-refractivity contribution >= 4 is 11.2 Å². The number of nitrogens with zero attached hydrogens (tertiary/aromatic N) is 3. The van der Waals surface area contributed by atoms with E-state index in [0.29, 0.717) is 11.5 Å². The maximum atomic E-state index is 11.5. The van der Waals surface area contributed by atoms with Gasteiger partial charge in [0, 0.05) is 18.3 Å². The first-order chi connectivity index (χ1) is 6.68. The first kappa shape index (κ1) is 8.80. The standard InChI is InChI=1S/C9H10N4O/c1-5(2)7-12-8-6(9(14)13-7)10-3-4-11-8/h3-5H,1-2H3,(H,11,12,13,14). The SMILES string of the molecule is CC(C)c1nc2nccnc2c(=O)[nH]1. The van der Waals surface area contributed by atoms with E-state index in [9.17, 15) is 4.79 Å². The van der Waals surface area contributed by atoms with Crippen molar-refractivity contribution in [1.29, 1.82) is 0 Å². The van der Waals surface area contributed by atoms with Crippen LogP contribution >= 0.6 is 0 Å². The summed E-state index contributed by atoms with van der Waals surface area (Å²) >= 11 is 0. The van der Waals surface area contributed by atoms with Gasteiger partial charge in [0.25, 0.3) is 5.56 Å². The Labute approximate surface area is 80.2 Å². The molecule has 0 aliphatic carbocycles. The molecule has 2 aromatic heterocycles. The van der Waals surface area contributed by atoms with Gasteiger partial charge >= 0.3 is 0 Å². The number of fused-ring (bicyclic) bond motifs is 1. The van der Waals surface area contributed by atoms with Crippen molar-refractivity contribution in [3.05, 3.63) is 28.6 Å². The van der Waals surface area contributed by atoms with Gasteiger partial charge in [0.1, 0.15) is 5.82 Å². The first-order valence-corrected chi connectivity index (χ1v) is 4.39. The van der Waals surface area contributed by atoms with E-state index in [4.69, 9.17) is 0 Å². The lowest BCUT2D eigenvalue weighted by atomic mass is 10.2. The van der Waals surface area contributed by atoms with Crippen LogP contribution in [0.2, 0.25) is 0 Å². The molecule has 0 amide bonds. The monoisotopic (exact) mass is 190 g/mol. The maximum absolute atomic E-state index is 11.5. The summed E-state index contributed by atoms with van der Waals surface area (Å²) in [6.45, 7) is 3.92. The average molecular weight is 190 g/mol. The van der Waals surface area contributed by atoms with Crippen LogP contribution in [0.5, 0.6) is 0 Å². The van der Waals surface area contributed by atoms with Gasteiger partial charge in [0.05, 0.1) is 0 Å². The molecule has 0 unspecified atom stereocenters. The van der Waals surface area contributed by atoms with Crippen LogP contribution in [0.3, 0.4) is 0 Å². The zero-order valence-electron chi connectivity index (χ0n) is 7.98. The molecule has 1 N–H and O–H groups in total. The van der Waals surface area contributed by atoms with Gasteiger partial charge in [0.15, 0.2) is 11.2 Å². The fourth-order valence-corrected chi connectivity index (χ4v) is 1.16. The molecule has 0 saturated heterocycles. The quantitative estimate of drug-likeness (QED) is 0.723. The molecule has 2 heterocycles. The Hall–Kier alpha value is -1.78. The van der Waals surface area contributed by atoms with E-state index in [0.717, 1.165) is 0 Å². The summed E-state index contributed by atoms with van der Waals surface area (Å²) in [5.74, 6) is 0.817. The summed E-state index contributed by atoms with van der Waals surface area (Å²) in [6.07, 6.45) is 3.01. The maximum Gasteiger partial charge on any atom is 0.279 e. The Morgan fingerprint density at radius 2 is 2.00 bits per heavy atom. The minimum absolute atomic E-state index is 0.175. The summed E-state index contributed by atoms with van der Waals surface area (Å²) in [6, 6.07) is 0. The van der Waals surface area contributed by atoms with Crippen LogP contribution in [-0.4, -0.2) is 19.9 Å². The molecule has 5 heteroatoms. The Morgan fingerprint density at radius 3 is 2.71 bits per heavy atom. The topological polar surface area (TPSA) is 71.5 Å². The zero-order valence-corrected chi connectivity index (χ0v) is 7.98. The van der Waals surface area contributed by atoms with Gasteiger partial charge in [-0.05, 0) is 0 Å². The number of aromatic nitrogens is 4. The molecule has 0 bridgehead atoms. The highest BCUT2D eigenvalue weighted by Crippen LogP contribution is 2.08. The number of H-pyrrole nitrogens is 1. The van der Waals surface area contributed by atoms with Gasteiger partial charge < -0.3 is 4.98 Å². The van der Waals surface area contributed by atoms with Gasteiger partial charge in [-0.2, -0.15) is 0 Å². The third-order valence-electron chi connectivity index (χ3n) is 1.91. The van der Waals surface area contributed by atoms with Crippen molar-refractivity contribution in [2.24, 2.45) is 0 Å². The molecule has 0 atom stereocenters. The third kappa shape index (κ3) is 1.37. The van der Waals surface area contributed by atoms with Gasteiger partial charge in [0.2, 0.25) is 0 Å². The Balaban J connectivity index is 2.79. The highest BCUT2D eigenvalue weighted by molar-refractivity contribution is 5.67.